The lowest BCUT2D eigenvalue weighted by atomic mass is 10.2. The summed E-state index contributed by atoms with van der Waals surface area (Å²) in [4.78, 5) is 1.24. The molecular formula is C16H19NOS. The van der Waals surface area contributed by atoms with E-state index in [0.29, 0.717) is 6.61 Å². The van der Waals surface area contributed by atoms with E-state index in [1.807, 2.05) is 25.1 Å². The minimum Gasteiger partial charge on any atom is -0.493 e. The van der Waals surface area contributed by atoms with E-state index in [1.54, 1.807) is 11.8 Å². The predicted octanol–water partition coefficient (Wildman–Crippen LogP) is 4.06. The number of rotatable bonds is 5. The smallest absolute Gasteiger partial charge is 0.119 e. The van der Waals surface area contributed by atoms with Crippen LogP contribution in [0.5, 0.6) is 5.75 Å². The summed E-state index contributed by atoms with van der Waals surface area (Å²) in [6, 6.07) is 14.3. The van der Waals surface area contributed by atoms with E-state index in [2.05, 4.69) is 31.2 Å². The second kappa shape index (κ2) is 6.53. The SMILES string of the molecule is Cc1cccc(OCCSc2ccc(N)c(C)c2)c1. The van der Waals surface area contributed by atoms with Gasteiger partial charge in [-0.2, -0.15) is 0 Å². The summed E-state index contributed by atoms with van der Waals surface area (Å²) in [5.41, 5.74) is 9.00. The molecule has 0 atom stereocenters. The fourth-order valence-corrected chi connectivity index (χ4v) is 2.59. The van der Waals surface area contributed by atoms with Crippen LogP contribution in [0.4, 0.5) is 5.69 Å². The third-order valence-electron chi connectivity index (χ3n) is 2.85. The first kappa shape index (κ1) is 13.8. The number of ether oxygens (including phenoxy) is 1. The zero-order chi connectivity index (χ0) is 13.7. The van der Waals surface area contributed by atoms with Crippen molar-refractivity contribution in [3.63, 3.8) is 0 Å². The number of hydrogen-bond donors (Lipinski definition) is 1. The zero-order valence-electron chi connectivity index (χ0n) is 11.3. The lowest BCUT2D eigenvalue weighted by Gasteiger charge is -2.07. The van der Waals surface area contributed by atoms with Crippen LogP contribution in [0.15, 0.2) is 47.4 Å². The fourth-order valence-electron chi connectivity index (χ4n) is 1.76. The van der Waals surface area contributed by atoms with E-state index in [4.69, 9.17) is 10.5 Å². The molecule has 0 amide bonds. The normalized spacial score (nSPS) is 10.4. The number of thioether (sulfide) groups is 1. The molecule has 2 aromatic carbocycles. The molecule has 19 heavy (non-hydrogen) atoms. The highest BCUT2D eigenvalue weighted by molar-refractivity contribution is 7.99. The summed E-state index contributed by atoms with van der Waals surface area (Å²) in [5, 5.41) is 0. The lowest BCUT2D eigenvalue weighted by molar-refractivity contribution is 0.344. The van der Waals surface area contributed by atoms with Crippen LogP contribution in [0.1, 0.15) is 11.1 Å². The summed E-state index contributed by atoms with van der Waals surface area (Å²) >= 11 is 1.79. The number of benzene rings is 2. The van der Waals surface area contributed by atoms with E-state index >= 15 is 0 Å². The molecule has 0 bridgehead atoms. The Morgan fingerprint density at radius 3 is 2.68 bits per heavy atom. The minimum absolute atomic E-state index is 0.706. The van der Waals surface area contributed by atoms with Gasteiger partial charge in [-0.15, -0.1) is 11.8 Å². The first-order chi connectivity index (χ1) is 9.15. The van der Waals surface area contributed by atoms with Crippen molar-refractivity contribution in [2.45, 2.75) is 18.7 Å². The molecule has 2 N–H and O–H groups in total. The van der Waals surface area contributed by atoms with Crippen molar-refractivity contribution in [1.82, 2.24) is 0 Å². The van der Waals surface area contributed by atoms with Crippen molar-refractivity contribution in [3.8, 4) is 5.75 Å². The molecule has 0 aliphatic rings. The fraction of sp³-hybridized carbons (Fsp3) is 0.250. The molecule has 2 nitrogen and oxygen atoms in total. The monoisotopic (exact) mass is 273 g/mol. The van der Waals surface area contributed by atoms with E-state index in [9.17, 15) is 0 Å². The van der Waals surface area contributed by atoms with Crippen molar-refractivity contribution in [2.75, 3.05) is 18.1 Å². The highest BCUT2D eigenvalue weighted by atomic mass is 32.2. The van der Waals surface area contributed by atoms with E-state index in [1.165, 1.54) is 10.5 Å². The van der Waals surface area contributed by atoms with Gasteiger partial charge in [0.1, 0.15) is 5.75 Å². The van der Waals surface area contributed by atoms with Gasteiger partial charge < -0.3 is 10.5 Å². The summed E-state index contributed by atoms with van der Waals surface area (Å²) in [5.74, 6) is 1.87. The largest absolute Gasteiger partial charge is 0.493 e. The second-order valence-electron chi connectivity index (χ2n) is 4.53. The average molecular weight is 273 g/mol. The Labute approximate surface area is 119 Å². The number of nitrogens with two attached hydrogens (primary N) is 1. The summed E-state index contributed by atoms with van der Waals surface area (Å²) in [6.07, 6.45) is 0. The van der Waals surface area contributed by atoms with E-state index in [0.717, 1.165) is 22.8 Å². The number of nitrogen functional groups attached to an aromatic ring is 1. The van der Waals surface area contributed by atoms with Crippen molar-refractivity contribution in [1.29, 1.82) is 0 Å². The molecule has 0 heterocycles. The Morgan fingerprint density at radius 1 is 1.11 bits per heavy atom. The molecule has 0 aliphatic carbocycles. The van der Waals surface area contributed by atoms with Crippen LogP contribution in [-0.4, -0.2) is 12.4 Å². The van der Waals surface area contributed by atoms with Gasteiger partial charge in [-0.3, -0.25) is 0 Å². The Morgan fingerprint density at radius 2 is 1.95 bits per heavy atom. The van der Waals surface area contributed by atoms with Crippen LogP contribution >= 0.6 is 11.8 Å². The van der Waals surface area contributed by atoms with Crippen LogP contribution < -0.4 is 10.5 Å². The van der Waals surface area contributed by atoms with Crippen LogP contribution in [0.2, 0.25) is 0 Å². The maximum absolute atomic E-state index is 5.80. The molecule has 100 valence electrons. The Balaban J connectivity index is 1.79. The van der Waals surface area contributed by atoms with Gasteiger partial charge in [-0.05, 0) is 55.3 Å². The van der Waals surface area contributed by atoms with Gasteiger partial charge in [0.25, 0.3) is 0 Å². The number of aryl methyl sites for hydroxylation is 2. The molecule has 2 aromatic rings. The van der Waals surface area contributed by atoms with Crippen LogP contribution in [0.3, 0.4) is 0 Å². The topological polar surface area (TPSA) is 35.2 Å². The average Bonchev–Trinajstić information content (AvgIpc) is 2.39. The van der Waals surface area contributed by atoms with E-state index < -0.39 is 0 Å². The van der Waals surface area contributed by atoms with Gasteiger partial charge >= 0.3 is 0 Å². The maximum Gasteiger partial charge on any atom is 0.119 e. The maximum atomic E-state index is 5.80. The Kier molecular flexibility index (Phi) is 4.74. The van der Waals surface area contributed by atoms with Gasteiger partial charge in [0, 0.05) is 16.3 Å². The molecule has 2 rings (SSSR count). The molecule has 0 radical (unpaired) electrons. The Bertz CT molecular complexity index is 554. The minimum atomic E-state index is 0.706. The molecule has 0 spiro atoms. The van der Waals surface area contributed by atoms with Crippen LogP contribution in [0, 0.1) is 13.8 Å². The standard InChI is InChI=1S/C16H19NOS/c1-12-4-3-5-14(10-12)18-8-9-19-15-6-7-16(17)13(2)11-15/h3-7,10-11H,8-9,17H2,1-2H3. The number of hydrogen-bond acceptors (Lipinski definition) is 3. The van der Waals surface area contributed by atoms with Crippen molar-refractivity contribution in [3.05, 3.63) is 53.6 Å². The summed E-state index contributed by atoms with van der Waals surface area (Å²) in [7, 11) is 0. The second-order valence-corrected chi connectivity index (χ2v) is 5.70. The molecule has 3 heteroatoms. The predicted molar refractivity (Wildman–Crippen MR) is 83.0 cm³/mol. The van der Waals surface area contributed by atoms with Crippen molar-refractivity contribution in [2.24, 2.45) is 0 Å². The Hall–Kier alpha value is -1.61. The first-order valence-corrected chi connectivity index (χ1v) is 7.32. The third-order valence-corrected chi connectivity index (χ3v) is 3.81. The molecule has 0 saturated heterocycles. The van der Waals surface area contributed by atoms with Crippen LogP contribution in [0.25, 0.3) is 0 Å². The molecular weight excluding hydrogens is 254 g/mol. The van der Waals surface area contributed by atoms with Gasteiger partial charge in [0.05, 0.1) is 6.61 Å². The molecule has 0 fully saturated rings. The van der Waals surface area contributed by atoms with E-state index in [-0.39, 0.29) is 0 Å². The molecule has 0 saturated carbocycles. The van der Waals surface area contributed by atoms with Crippen molar-refractivity contribution < 1.29 is 4.74 Å². The first-order valence-electron chi connectivity index (χ1n) is 6.33. The van der Waals surface area contributed by atoms with Gasteiger partial charge in [0.2, 0.25) is 0 Å². The van der Waals surface area contributed by atoms with Crippen molar-refractivity contribution >= 4 is 17.4 Å². The quantitative estimate of drug-likeness (QED) is 0.507. The zero-order valence-corrected chi connectivity index (χ0v) is 12.2. The number of anilines is 1. The van der Waals surface area contributed by atoms with Crippen LogP contribution in [-0.2, 0) is 0 Å². The third kappa shape index (κ3) is 4.21. The van der Waals surface area contributed by atoms with Gasteiger partial charge in [-0.1, -0.05) is 12.1 Å². The van der Waals surface area contributed by atoms with Gasteiger partial charge in [0.15, 0.2) is 0 Å². The summed E-state index contributed by atoms with van der Waals surface area (Å²) < 4.78 is 5.72. The highest BCUT2D eigenvalue weighted by Crippen LogP contribution is 2.22. The van der Waals surface area contributed by atoms with Gasteiger partial charge in [-0.25, -0.2) is 0 Å². The lowest BCUT2D eigenvalue weighted by Crippen LogP contribution is -2.00. The molecule has 0 aromatic heterocycles. The highest BCUT2D eigenvalue weighted by Gasteiger charge is 1.99. The summed E-state index contributed by atoms with van der Waals surface area (Å²) in [6.45, 7) is 4.80. The molecule has 0 unspecified atom stereocenters. The molecule has 0 aliphatic heterocycles.